The van der Waals surface area contributed by atoms with Crippen LogP contribution >= 0.6 is 11.8 Å². The quantitative estimate of drug-likeness (QED) is 0.494. The second-order valence-electron chi connectivity index (χ2n) is 8.46. The lowest BCUT2D eigenvalue weighted by molar-refractivity contribution is -0.118. The molecular formula is C25H30FN5O2S. The first kappa shape index (κ1) is 24.4. The van der Waals surface area contributed by atoms with Crippen molar-refractivity contribution in [3.8, 4) is 5.69 Å². The first-order chi connectivity index (χ1) is 16.4. The van der Waals surface area contributed by atoms with Gasteiger partial charge in [0.1, 0.15) is 11.6 Å². The number of carbonyl (C=O) groups is 1. The van der Waals surface area contributed by atoms with E-state index in [1.54, 1.807) is 12.1 Å². The molecule has 1 aliphatic heterocycles. The number of nitrogens with zero attached hydrogens (tertiary/aromatic N) is 4. The smallest absolute Gasteiger partial charge is 0.230 e. The maximum Gasteiger partial charge on any atom is 0.230 e. The van der Waals surface area contributed by atoms with Gasteiger partial charge in [-0.3, -0.25) is 14.3 Å². The number of hydrogen-bond donors (Lipinski definition) is 1. The molecule has 0 bridgehead atoms. The molecule has 0 radical (unpaired) electrons. The highest BCUT2D eigenvalue weighted by atomic mass is 32.2. The Hall–Kier alpha value is -2.75. The van der Waals surface area contributed by atoms with Crippen molar-refractivity contribution in [2.75, 3.05) is 38.6 Å². The predicted molar refractivity (Wildman–Crippen MR) is 131 cm³/mol. The summed E-state index contributed by atoms with van der Waals surface area (Å²) < 4.78 is 20.9. The van der Waals surface area contributed by atoms with E-state index in [9.17, 15) is 9.18 Å². The van der Waals surface area contributed by atoms with Gasteiger partial charge in [0.25, 0.3) is 0 Å². The Morgan fingerprint density at radius 3 is 2.59 bits per heavy atom. The van der Waals surface area contributed by atoms with Gasteiger partial charge in [-0.05, 0) is 55.7 Å². The topological polar surface area (TPSA) is 72.3 Å². The molecule has 34 heavy (non-hydrogen) atoms. The van der Waals surface area contributed by atoms with E-state index in [1.807, 2.05) is 11.5 Å². The maximum atomic E-state index is 13.5. The first-order valence-electron chi connectivity index (χ1n) is 11.4. The SMILES string of the molecule is Cc1ccc(C)c(-n2c(C)nnc2SCC(=O)NCC(c2ccc(F)cc2)N2CCOCC2)c1. The van der Waals surface area contributed by atoms with Crippen molar-refractivity contribution in [2.24, 2.45) is 0 Å². The highest BCUT2D eigenvalue weighted by Gasteiger charge is 2.23. The number of ether oxygens (including phenoxy) is 1. The summed E-state index contributed by atoms with van der Waals surface area (Å²) in [6.07, 6.45) is 0. The number of aryl methyl sites for hydroxylation is 3. The van der Waals surface area contributed by atoms with E-state index in [0.29, 0.717) is 24.9 Å². The molecule has 1 amide bonds. The van der Waals surface area contributed by atoms with E-state index >= 15 is 0 Å². The van der Waals surface area contributed by atoms with Crippen molar-refractivity contribution in [3.63, 3.8) is 0 Å². The molecule has 1 fully saturated rings. The van der Waals surface area contributed by atoms with E-state index in [4.69, 9.17) is 4.74 Å². The molecule has 1 saturated heterocycles. The van der Waals surface area contributed by atoms with Crippen LogP contribution in [0.15, 0.2) is 47.6 Å². The van der Waals surface area contributed by atoms with Gasteiger partial charge < -0.3 is 10.1 Å². The Morgan fingerprint density at radius 2 is 1.85 bits per heavy atom. The molecule has 180 valence electrons. The number of halogens is 1. The minimum atomic E-state index is -0.270. The lowest BCUT2D eigenvalue weighted by Gasteiger charge is -2.35. The number of amides is 1. The third kappa shape index (κ3) is 5.84. The fourth-order valence-corrected chi connectivity index (χ4v) is 4.92. The lowest BCUT2D eigenvalue weighted by atomic mass is 10.0. The summed E-state index contributed by atoms with van der Waals surface area (Å²) in [6, 6.07) is 12.7. The normalized spacial score (nSPS) is 15.3. The summed E-state index contributed by atoms with van der Waals surface area (Å²) >= 11 is 1.36. The zero-order valence-electron chi connectivity index (χ0n) is 19.8. The molecule has 0 saturated carbocycles. The van der Waals surface area contributed by atoms with Crippen LogP contribution in [0.5, 0.6) is 0 Å². The van der Waals surface area contributed by atoms with Crippen LogP contribution in [0.25, 0.3) is 5.69 Å². The number of morpholine rings is 1. The minimum absolute atomic E-state index is 0.0423. The molecule has 0 aliphatic carbocycles. The Kier molecular flexibility index (Phi) is 7.97. The molecule has 1 atom stereocenters. The van der Waals surface area contributed by atoms with E-state index in [0.717, 1.165) is 41.3 Å². The fourth-order valence-electron chi connectivity index (χ4n) is 4.10. The van der Waals surface area contributed by atoms with Crippen molar-refractivity contribution in [3.05, 3.63) is 70.8 Å². The van der Waals surface area contributed by atoms with Gasteiger partial charge in [-0.25, -0.2) is 4.39 Å². The van der Waals surface area contributed by atoms with Crippen molar-refractivity contribution in [1.29, 1.82) is 0 Å². The van der Waals surface area contributed by atoms with E-state index < -0.39 is 0 Å². The van der Waals surface area contributed by atoms with Crippen LogP contribution in [0.4, 0.5) is 4.39 Å². The van der Waals surface area contributed by atoms with Gasteiger partial charge in [-0.1, -0.05) is 36.0 Å². The Morgan fingerprint density at radius 1 is 1.12 bits per heavy atom. The van der Waals surface area contributed by atoms with E-state index in [1.165, 1.54) is 23.9 Å². The predicted octanol–water partition coefficient (Wildman–Crippen LogP) is 3.61. The lowest BCUT2D eigenvalue weighted by Crippen LogP contribution is -2.44. The summed E-state index contributed by atoms with van der Waals surface area (Å²) in [5, 5.41) is 12.3. The highest BCUT2D eigenvalue weighted by molar-refractivity contribution is 7.99. The molecule has 1 aromatic heterocycles. The molecule has 1 aliphatic rings. The van der Waals surface area contributed by atoms with Crippen LogP contribution in [-0.4, -0.2) is 64.2 Å². The molecule has 2 aromatic carbocycles. The number of rotatable bonds is 8. The number of hydrogen-bond acceptors (Lipinski definition) is 6. The minimum Gasteiger partial charge on any atom is -0.379 e. The van der Waals surface area contributed by atoms with Gasteiger partial charge in [0, 0.05) is 19.6 Å². The van der Waals surface area contributed by atoms with Crippen LogP contribution in [-0.2, 0) is 9.53 Å². The molecule has 0 spiro atoms. The first-order valence-corrected chi connectivity index (χ1v) is 12.4. The standard InChI is InChI=1S/C25H30FN5O2S/c1-17-4-5-18(2)22(14-17)31-19(3)28-29-25(31)34-16-24(32)27-15-23(30-10-12-33-13-11-30)20-6-8-21(26)9-7-20/h4-9,14,23H,10-13,15-16H2,1-3H3,(H,27,32). The van der Waals surface area contributed by atoms with Crippen molar-refractivity contribution >= 4 is 17.7 Å². The second kappa shape index (κ2) is 11.1. The van der Waals surface area contributed by atoms with E-state index in [-0.39, 0.29) is 23.5 Å². The monoisotopic (exact) mass is 483 g/mol. The average Bonchev–Trinajstić information content (AvgIpc) is 3.21. The summed E-state index contributed by atoms with van der Waals surface area (Å²) in [5.74, 6) is 0.648. The second-order valence-corrected chi connectivity index (χ2v) is 9.41. The number of aromatic nitrogens is 3. The van der Waals surface area contributed by atoms with Gasteiger partial charge in [-0.2, -0.15) is 0 Å². The van der Waals surface area contributed by atoms with Gasteiger partial charge in [-0.15, -0.1) is 10.2 Å². The summed E-state index contributed by atoms with van der Waals surface area (Å²) in [7, 11) is 0. The fraction of sp³-hybridized carbons (Fsp3) is 0.400. The van der Waals surface area contributed by atoms with Crippen LogP contribution in [0.2, 0.25) is 0 Å². The largest absolute Gasteiger partial charge is 0.379 e. The van der Waals surface area contributed by atoms with Crippen molar-refractivity contribution in [1.82, 2.24) is 25.0 Å². The van der Waals surface area contributed by atoms with Crippen molar-refractivity contribution < 1.29 is 13.9 Å². The molecule has 4 rings (SSSR count). The molecule has 3 aromatic rings. The van der Waals surface area contributed by atoms with Crippen LogP contribution in [0.1, 0.15) is 28.6 Å². The third-order valence-electron chi connectivity index (χ3n) is 5.97. The Labute approximate surface area is 203 Å². The number of benzene rings is 2. The molecule has 1 N–H and O–H groups in total. The zero-order chi connectivity index (χ0) is 24.1. The van der Waals surface area contributed by atoms with Crippen LogP contribution in [0, 0.1) is 26.6 Å². The molecule has 1 unspecified atom stereocenters. The van der Waals surface area contributed by atoms with Gasteiger partial charge in [0.2, 0.25) is 5.91 Å². The van der Waals surface area contributed by atoms with Crippen LogP contribution < -0.4 is 5.32 Å². The molecular weight excluding hydrogens is 453 g/mol. The molecule has 9 heteroatoms. The van der Waals surface area contributed by atoms with Crippen LogP contribution in [0.3, 0.4) is 0 Å². The van der Waals surface area contributed by atoms with Gasteiger partial charge >= 0.3 is 0 Å². The average molecular weight is 484 g/mol. The molecule has 2 heterocycles. The third-order valence-corrected chi connectivity index (χ3v) is 6.90. The van der Waals surface area contributed by atoms with Crippen molar-refractivity contribution in [2.45, 2.75) is 32.0 Å². The Balaban J connectivity index is 1.41. The summed E-state index contributed by atoms with van der Waals surface area (Å²) in [4.78, 5) is 15.0. The van der Waals surface area contributed by atoms with E-state index in [2.05, 4.69) is 52.5 Å². The zero-order valence-corrected chi connectivity index (χ0v) is 20.6. The van der Waals surface area contributed by atoms with Gasteiger partial charge in [0.05, 0.1) is 30.7 Å². The Bertz CT molecular complexity index is 1130. The summed E-state index contributed by atoms with van der Waals surface area (Å²) in [5.41, 5.74) is 4.26. The summed E-state index contributed by atoms with van der Waals surface area (Å²) in [6.45, 7) is 9.29. The number of carbonyl (C=O) groups excluding carboxylic acids is 1. The number of nitrogens with one attached hydrogen (secondary N) is 1. The highest BCUT2D eigenvalue weighted by Crippen LogP contribution is 2.25. The number of thioether (sulfide) groups is 1. The molecule has 7 nitrogen and oxygen atoms in total. The maximum absolute atomic E-state index is 13.5. The van der Waals surface area contributed by atoms with Gasteiger partial charge in [0.15, 0.2) is 5.16 Å².